The second-order valence-electron chi connectivity index (χ2n) is 7.20. The van der Waals surface area contributed by atoms with Crippen LogP contribution >= 0.6 is 0 Å². The van der Waals surface area contributed by atoms with Gasteiger partial charge in [0.1, 0.15) is 18.2 Å². The van der Waals surface area contributed by atoms with E-state index in [-0.39, 0.29) is 17.6 Å². The summed E-state index contributed by atoms with van der Waals surface area (Å²) in [5, 5.41) is 2.65. The zero-order valence-corrected chi connectivity index (χ0v) is 17.6. The lowest BCUT2D eigenvalue weighted by atomic mass is 10.0. The van der Waals surface area contributed by atoms with E-state index in [0.717, 1.165) is 5.56 Å². The van der Waals surface area contributed by atoms with Crippen molar-refractivity contribution in [2.24, 2.45) is 0 Å². The largest absolute Gasteiger partial charge is 0.491 e. The molecule has 1 aliphatic heterocycles. The van der Waals surface area contributed by atoms with Crippen LogP contribution in [0.15, 0.2) is 30.9 Å². The highest BCUT2D eigenvalue weighted by atomic mass is 19.1. The van der Waals surface area contributed by atoms with E-state index in [1.807, 2.05) is 13.8 Å². The minimum absolute atomic E-state index is 0.208. The SMILES string of the molecule is C=CC(=O)[N+]1=C[C@@H](OC(=O)NCCCOCCOc2cc(F)ccc2C(C)C)CC1. The van der Waals surface area contributed by atoms with E-state index < -0.39 is 12.2 Å². The van der Waals surface area contributed by atoms with Gasteiger partial charge in [-0.15, -0.1) is 0 Å². The van der Waals surface area contributed by atoms with E-state index in [1.54, 1.807) is 12.3 Å². The molecule has 1 aliphatic rings. The second-order valence-corrected chi connectivity index (χ2v) is 7.20. The fourth-order valence-corrected chi connectivity index (χ4v) is 2.97. The minimum atomic E-state index is -0.528. The number of hydrogen-bond donors (Lipinski definition) is 1. The molecular weight excluding hydrogens is 391 g/mol. The number of hydrogen-bond acceptors (Lipinski definition) is 5. The first-order chi connectivity index (χ1) is 14.4. The van der Waals surface area contributed by atoms with Crippen LogP contribution in [0, 0.1) is 5.82 Å². The first kappa shape index (κ1) is 23.5. The van der Waals surface area contributed by atoms with Gasteiger partial charge in [-0.05, 0) is 24.0 Å². The van der Waals surface area contributed by atoms with Crippen molar-refractivity contribution in [2.45, 2.75) is 38.7 Å². The van der Waals surface area contributed by atoms with Gasteiger partial charge in [-0.25, -0.2) is 14.0 Å². The van der Waals surface area contributed by atoms with Gasteiger partial charge in [0.15, 0.2) is 18.9 Å². The Balaban J connectivity index is 1.55. The van der Waals surface area contributed by atoms with Crippen LogP contribution in [0.3, 0.4) is 0 Å². The molecule has 0 unspecified atom stereocenters. The van der Waals surface area contributed by atoms with Crippen LogP contribution in [0.1, 0.15) is 38.2 Å². The highest BCUT2D eigenvalue weighted by Crippen LogP contribution is 2.27. The highest BCUT2D eigenvalue weighted by Gasteiger charge is 2.28. The van der Waals surface area contributed by atoms with Crippen LogP contribution in [0.4, 0.5) is 9.18 Å². The summed E-state index contributed by atoms with van der Waals surface area (Å²) in [7, 11) is 0. The minimum Gasteiger partial charge on any atom is -0.491 e. The summed E-state index contributed by atoms with van der Waals surface area (Å²) < 4.78 is 31.3. The number of nitrogens with one attached hydrogen (secondary N) is 1. The Morgan fingerprint density at radius 3 is 2.87 bits per heavy atom. The van der Waals surface area contributed by atoms with Crippen molar-refractivity contribution in [1.29, 1.82) is 0 Å². The van der Waals surface area contributed by atoms with E-state index in [2.05, 4.69) is 11.9 Å². The maximum atomic E-state index is 13.4. The molecule has 0 saturated heterocycles. The van der Waals surface area contributed by atoms with Gasteiger partial charge in [0.05, 0.1) is 13.0 Å². The Kier molecular flexibility index (Phi) is 9.47. The molecule has 1 aromatic carbocycles. The summed E-state index contributed by atoms with van der Waals surface area (Å²) in [4.78, 5) is 23.3. The van der Waals surface area contributed by atoms with Crippen molar-refractivity contribution in [3.05, 3.63) is 42.2 Å². The molecule has 2 rings (SSSR count). The summed E-state index contributed by atoms with van der Waals surface area (Å²) in [6.45, 7) is 9.52. The summed E-state index contributed by atoms with van der Waals surface area (Å²) in [5.41, 5.74) is 0.954. The van der Waals surface area contributed by atoms with Crippen LogP contribution in [0.5, 0.6) is 5.75 Å². The lowest BCUT2D eigenvalue weighted by molar-refractivity contribution is -0.431. The van der Waals surface area contributed by atoms with E-state index in [4.69, 9.17) is 14.2 Å². The molecule has 0 radical (unpaired) electrons. The van der Waals surface area contributed by atoms with Gasteiger partial charge in [0, 0.05) is 25.3 Å². The molecule has 7 nitrogen and oxygen atoms in total. The fourth-order valence-electron chi connectivity index (χ4n) is 2.97. The van der Waals surface area contributed by atoms with Gasteiger partial charge in [-0.3, -0.25) is 0 Å². The molecule has 1 aromatic rings. The van der Waals surface area contributed by atoms with Crippen molar-refractivity contribution < 1.29 is 32.8 Å². The van der Waals surface area contributed by atoms with Crippen LogP contribution in [-0.4, -0.2) is 61.8 Å². The molecule has 30 heavy (non-hydrogen) atoms. The van der Waals surface area contributed by atoms with Crippen LogP contribution in [0.2, 0.25) is 0 Å². The number of amides is 2. The third-order valence-electron chi connectivity index (χ3n) is 4.53. The first-order valence-electron chi connectivity index (χ1n) is 10.1. The van der Waals surface area contributed by atoms with Crippen molar-refractivity contribution in [3.63, 3.8) is 0 Å². The number of rotatable bonds is 11. The average Bonchev–Trinajstić information content (AvgIpc) is 3.17. The van der Waals surface area contributed by atoms with Crippen molar-refractivity contribution in [3.8, 4) is 5.75 Å². The van der Waals surface area contributed by atoms with Crippen molar-refractivity contribution >= 4 is 18.2 Å². The van der Waals surface area contributed by atoms with Gasteiger partial charge < -0.3 is 19.5 Å². The van der Waals surface area contributed by atoms with Crippen molar-refractivity contribution in [1.82, 2.24) is 5.32 Å². The molecule has 1 atom stereocenters. The van der Waals surface area contributed by atoms with E-state index >= 15 is 0 Å². The van der Waals surface area contributed by atoms with Gasteiger partial charge >= 0.3 is 12.0 Å². The standard InChI is InChI=1S/C22H29FN2O5/c1-4-21(26)25-10-8-18(15-25)30-22(27)24-9-5-11-28-12-13-29-20-14-17(23)6-7-19(20)16(2)3/h4,6-7,14-16,18H,1,5,8-13H2,2-3H3/p+1/t18-/m0/s1. The van der Waals surface area contributed by atoms with Gasteiger partial charge in [-0.1, -0.05) is 26.5 Å². The fraction of sp³-hybridized carbons (Fsp3) is 0.500. The lowest BCUT2D eigenvalue weighted by Crippen LogP contribution is -2.30. The number of alkyl carbamates (subject to hydrolysis) is 1. The number of carbonyl (C=O) groups excluding carboxylic acids is 2. The van der Waals surface area contributed by atoms with E-state index in [0.29, 0.717) is 51.5 Å². The molecule has 0 spiro atoms. The molecule has 1 N–H and O–H groups in total. The van der Waals surface area contributed by atoms with Crippen LogP contribution < -0.4 is 10.1 Å². The number of nitrogens with zero attached hydrogens (tertiary/aromatic N) is 1. The Hall–Kier alpha value is -2.74. The normalized spacial score (nSPS) is 15.6. The predicted octanol–water partition coefficient (Wildman–Crippen LogP) is 3.03. The molecule has 0 fully saturated rings. The molecule has 0 aliphatic carbocycles. The van der Waals surface area contributed by atoms with Gasteiger partial charge in [0.2, 0.25) is 0 Å². The number of ether oxygens (including phenoxy) is 3. The Morgan fingerprint density at radius 1 is 1.33 bits per heavy atom. The number of benzene rings is 1. The van der Waals surface area contributed by atoms with E-state index in [1.165, 1.54) is 22.8 Å². The number of carbonyl (C=O) groups is 2. The number of halogens is 1. The van der Waals surface area contributed by atoms with Crippen molar-refractivity contribution in [2.75, 3.05) is 32.9 Å². The summed E-state index contributed by atoms with van der Waals surface area (Å²) in [5.74, 6) is 0.235. The smallest absolute Gasteiger partial charge is 0.411 e. The Bertz CT molecular complexity index is 779. The zero-order chi connectivity index (χ0) is 21.9. The first-order valence-corrected chi connectivity index (χ1v) is 10.1. The maximum absolute atomic E-state index is 13.4. The Morgan fingerprint density at radius 2 is 2.13 bits per heavy atom. The molecule has 0 bridgehead atoms. The summed E-state index contributed by atoms with van der Waals surface area (Å²) >= 11 is 0. The molecule has 0 aromatic heterocycles. The Labute approximate surface area is 176 Å². The molecule has 164 valence electrons. The molecular formula is C22H30FN2O5+. The maximum Gasteiger partial charge on any atom is 0.411 e. The summed E-state index contributed by atoms with van der Waals surface area (Å²) in [6.07, 6.45) is 3.06. The molecule has 1 heterocycles. The second kappa shape index (κ2) is 12.1. The van der Waals surface area contributed by atoms with Gasteiger partial charge in [-0.2, -0.15) is 4.58 Å². The monoisotopic (exact) mass is 421 g/mol. The molecule has 0 saturated carbocycles. The van der Waals surface area contributed by atoms with Crippen LogP contribution in [0.25, 0.3) is 0 Å². The summed E-state index contributed by atoms with van der Waals surface area (Å²) in [6, 6.07) is 4.55. The zero-order valence-electron chi connectivity index (χ0n) is 17.6. The third kappa shape index (κ3) is 7.59. The van der Waals surface area contributed by atoms with E-state index in [9.17, 15) is 14.0 Å². The third-order valence-corrected chi connectivity index (χ3v) is 4.53. The predicted molar refractivity (Wildman–Crippen MR) is 111 cm³/mol. The van der Waals surface area contributed by atoms with Gasteiger partial charge in [0.25, 0.3) is 0 Å². The quantitative estimate of drug-likeness (QED) is 0.338. The molecule has 2 amide bonds. The van der Waals surface area contributed by atoms with Crippen LogP contribution in [-0.2, 0) is 14.3 Å². The lowest BCUT2D eigenvalue weighted by Gasteiger charge is -2.14. The average molecular weight is 421 g/mol. The highest BCUT2D eigenvalue weighted by molar-refractivity contribution is 5.84. The topological polar surface area (TPSA) is 76.9 Å². The molecule has 8 heteroatoms.